The molecule has 0 saturated carbocycles. The third kappa shape index (κ3) is 4.31. The monoisotopic (exact) mass is 412 g/mol. The molecule has 0 radical (unpaired) electrons. The van der Waals surface area contributed by atoms with Crippen molar-refractivity contribution in [3.05, 3.63) is 52.5 Å². The molecule has 1 fully saturated rings. The van der Waals surface area contributed by atoms with E-state index in [1.807, 2.05) is 6.07 Å². The Kier molecular flexibility index (Phi) is 5.16. The Balaban J connectivity index is 1.33. The summed E-state index contributed by atoms with van der Waals surface area (Å²) >= 11 is 3.37. The van der Waals surface area contributed by atoms with Gasteiger partial charge >= 0.3 is 6.18 Å². The smallest absolute Gasteiger partial charge is 0.323 e. The fourth-order valence-electron chi connectivity index (χ4n) is 3.19. The predicted molar refractivity (Wildman–Crippen MR) is 100 cm³/mol. The molecule has 1 saturated heterocycles. The van der Waals surface area contributed by atoms with Crippen LogP contribution in [-0.4, -0.2) is 31.2 Å². The number of hydrogen-bond donors (Lipinski definition) is 1. The lowest BCUT2D eigenvalue weighted by atomic mass is 10.2. The molecule has 4 heterocycles. The van der Waals surface area contributed by atoms with Crippen LogP contribution < -0.4 is 14.8 Å². The highest BCUT2D eigenvalue weighted by Crippen LogP contribution is 2.29. The van der Waals surface area contributed by atoms with Crippen molar-refractivity contribution in [1.29, 1.82) is 0 Å². The molecule has 1 aliphatic rings. The maximum absolute atomic E-state index is 12.7. The Morgan fingerprint density at radius 1 is 1.15 bits per heavy atom. The van der Waals surface area contributed by atoms with Gasteiger partial charge in [0.25, 0.3) is 5.82 Å². The molecule has 0 bridgehead atoms. The first-order valence-corrected chi connectivity index (χ1v) is 10.4. The van der Waals surface area contributed by atoms with Crippen molar-refractivity contribution in [2.24, 2.45) is 0 Å². The number of hydrogen-bond acceptors (Lipinski definition) is 4. The maximum Gasteiger partial charge on any atom is 0.419 e. The van der Waals surface area contributed by atoms with Gasteiger partial charge in [-0.25, -0.2) is 9.97 Å². The number of aromatic amines is 1. The fourth-order valence-corrected chi connectivity index (χ4v) is 4.82. The summed E-state index contributed by atoms with van der Waals surface area (Å²) in [5.74, 6) is 0.732. The molecule has 9 heteroatoms. The molecule has 3 aromatic heterocycles. The quantitative estimate of drug-likeness (QED) is 0.715. The van der Waals surface area contributed by atoms with E-state index in [-0.39, 0.29) is 0 Å². The number of thiophene rings is 1. The average Bonchev–Trinajstić information content (AvgIpc) is 3.33. The average molecular weight is 413 g/mol. The lowest BCUT2D eigenvalue weighted by molar-refractivity contribution is -0.914. The van der Waals surface area contributed by atoms with Crippen molar-refractivity contribution in [2.45, 2.75) is 12.7 Å². The SMILES string of the molecule is FC(F)(F)c1ccc(N2CC[NH+](Cc3csc(-c4cccs4)n3)CC2)[nH+]c1. The van der Waals surface area contributed by atoms with Crippen molar-refractivity contribution in [1.82, 2.24) is 4.98 Å². The summed E-state index contributed by atoms with van der Waals surface area (Å²) < 4.78 is 38.0. The first-order chi connectivity index (χ1) is 13.0. The summed E-state index contributed by atoms with van der Waals surface area (Å²) in [6.45, 7) is 4.35. The maximum atomic E-state index is 12.7. The molecule has 2 N–H and O–H groups in total. The van der Waals surface area contributed by atoms with Gasteiger partial charge in [0.05, 0.1) is 10.4 Å². The van der Waals surface area contributed by atoms with Gasteiger partial charge in [0.1, 0.15) is 49.6 Å². The van der Waals surface area contributed by atoms with Crippen LogP contribution in [0.25, 0.3) is 9.88 Å². The molecular formula is C18H19F3N4S2+2. The predicted octanol–water partition coefficient (Wildman–Crippen LogP) is 2.61. The molecule has 0 spiro atoms. The van der Waals surface area contributed by atoms with E-state index in [1.165, 1.54) is 15.8 Å². The second kappa shape index (κ2) is 7.57. The van der Waals surface area contributed by atoms with E-state index in [0.29, 0.717) is 0 Å². The van der Waals surface area contributed by atoms with Gasteiger partial charge in [0.15, 0.2) is 0 Å². The zero-order valence-corrected chi connectivity index (χ0v) is 16.1. The first kappa shape index (κ1) is 18.4. The number of halogens is 3. The second-order valence-electron chi connectivity index (χ2n) is 6.50. The third-order valence-corrected chi connectivity index (χ3v) is 6.58. The molecule has 4 nitrogen and oxygen atoms in total. The van der Waals surface area contributed by atoms with Crippen LogP contribution in [0.4, 0.5) is 19.0 Å². The molecule has 4 rings (SSSR count). The Hall–Kier alpha value is -1.97. The molecule has 0 unspecified atom stereocenters. The van der Waals surface area contributed by atoms with Crippen molar-refractivity contribution < 1.29 is 23.1 Å². The van der Waals surface area contributed by atoms with Gasteiger partial charge in [-0.3, -0.25) is 4.90 Å². The minimum absolute atomic E-state index is 0.652. The zero-order valence-electron chi connectivity index (χ0n) is 14.4. The normalized spacial score (nSPS) is 16.0. The van der Waals surface area contributed by atoms with Crippen LogP contribution in [0.1, 0.15) is 11.3 Å². The van der Waals surface area contributed by atoms with E-state index in [2.05, 4.69) is 26.7 Å². The van der Waals surface area contributed by atoms with Gasteiger partial charge < -0.3 is 4.90 Å². The number of piperazine rings is 1. The standard InChI is InChI=1S/C18H17F3N4S2/c19-18(20,21)13-3-4-16(22-10-13)25-7-5-24(6-8-25)11-14-12-27-17(23-14)15-2-1-9-26-15/h1-4,9-10,12H,5-8,11H2/p+2. The summed E-state index contributed by atoms with van der Waals surface area (Å²) in [6.07, 6.45) is -3.27. The number of H-pyrrole nitrogens is 1. The molecule has 0 amide bonds. The number of anilines is 1. The van der Waals surface area contributed by atoms with Gasteiger partial charge in [-0.2, -0.15) is 13.2 Å². The number of pyridine rings is 1. The number of quaternary nitrogens is 1. The van der Waals surface area contributed by atoms with E-state index in [9.17, 15) is 13.2 Å². The van der Waals surface area contributed by atoms with Crippen LogP contribution in [0.2, 0.25) is 0 Å². The van der Waals surface area contributed by atoms with E-state index in [4.69, 9.17) is 4.98 Å². The highest BCUT2D eigenvalue weighted by molar-refractivity contribution is 7.20. The highest BCUT2D eigenvalue weighted by atomic mass is 32.1. The summed E-state index contributed by atoms with van der Waals surface area (Å²) in [5.41, 5.74) is 0.452. The number of aromatic nitrogens is 2. The fraction of sp³-hybridized carbons (Fsp3) is 0.333. The van der Waals surface area contributed by atoms with E-state index >= 15 is 0 Å². The van der Waals surface area contributed by atoms with Crippen molar-refractivity contribution >= 4 is 28.5 Å². The van der Waals surface area contributed by atoms with Crippen LogP contribution in [0.3, 0.4) is 0 Å². The Morgan fingerprint density at radius 3 is 2.59 bits per heavy atom. The summed E-state index contributed by atoms with van der Waals surface area (Å²) in [4.78, 5) is 12.3. The Morgan fingerprint density at radius 2 is 1.96 bits per heavy atom. The van der Waals surface area contributed by atoms with Crippen LogP contribution in [0.15, 0.2) is 41.2 Å². The summed E-state index contributed by atoms with van der Waals surface area (Å²) in [5, 5.41) is 5.24. The minimum atomic E-state index is -4.31. The van der Waals surface area contributed by atoms with Gasteiger partial charge in [-0.05, 0) is 17.5 Å². The number of thiazole rings is 1. The van der Waals surface area contributed by atoms with Crippen molar-refractivity contribution in [3.8, 4) is 9.88 Å². The summed E-state index contributed by atoms with van der Waals surface area (Å²) in [6, 6.07) is 6.76. The number of rotatable bonds is 4. The van der Waals surface area contributed by atoms with Crippen molar-refractivity contribution in [3.63, 3.8) is 0 Å². The molecule has 27 heavy (non-hydrogen) atoms. The van der Waals surface area contributed by atoms with E-state index < -0.39 is 11.7 Å². The summed E-state index contributed by atoms with van der Waals surface area (Å²) in [7, 11) is 0. The lowest BCUT2D eigenvalue weighted by Crippen LogP contribution is -3.13. The Labute approximate surface area is 162 Å². The molecule has 142 valence electrons. The van der Waals surface area contributed by atoms with Crippen LogP contribution in [0, 0.1) is 0 Å². The van der Waals surface area contributed by atoms with E-state index in [0.717, 1.165) is 61.5 Å². The topological polar surface area (TPSA) is 34.7 Å². The highest BCUT2D eigenvalue weighted by Gasteiger charge is 2.33. The molecule has 0 aromatic carbocycles. The second-order valence-corrected chi connectivity index (χ2v) is 8.30. The number of nitrogens with one attached hydrogen (secondary N) is 2. The zero-order chi connectivity index (χ0) is 18.9. The van der Waals surface area contributed by atoms with Crippen LogP contribution >= 0.6 is 22.7 Å². The van der Waals surface area contributed by atoms with Crippen LogP contribution in [-0.2, 0) is 12.7 Å². The molecule has 1 aliphatic heterocycles. The number of nitrogens with zero attached hydrogens (tertiary/aromatic N) is 2. The van der Waals surface area contributed by atoms with Gasteiger partial charge in [0.2, 0.25) is 0 Å². The molecule has 3 aromatic rings. The van der Waals surface area contributed by atoms with Crippen molar-refractivity contribution in [2.75, 3.05) is 31.1 Å². The van der Waals surface area contributed by atoms with Crippen LogP contribution in [0.5, 0.6) is 0 Å². The molecule has 0 aliphatic carbocycles. The minimum Gasteiger partial charge on any atom is -0.323 e. The number of alkyl halides is 3. The van der Waals surface area contributed by atoms with Gasteiger partial charge in [0, 0.05) is 11.4 Å². The molecular weight excluding hydrogens is 393 g/mol. The third-order valence-electron chi connectivity index (χ3n) is 4.65. The largest absolute Gasteiger partial charge is 0.419 e. The van der Waals surface area contributed by atoms with E-state index in [1.54, 1.807) is 22.7 Å². The van der Waals surface area contributed by atoms with Gasteiger partial charge in [-0.15, -0.1) is 22.7 Å². The lowest BCUT2D eigenvalue weighted by Gasteiger charge is -2.27. The van der Waals surface area contributed by atoms with Gasteiger partial charge in [-0.1, -0.05) is 6.07 Å². The first-order valence-electron chi connectivity index (χ1n) is 8.65. The Bertz CT molecular complexity index is 867. The molecule has 0 atom stereocenters.